The fraction of sp³-hybridized carbons (Fsp3) is 0.373. The SMILES string of the molecule is O=C(C=Cc1ccc(O)c(O)c1)OCC1OC(OC2C(OC3=C(c4ccc(O)c(O)c4)[OH+]C4C=C(O)C=C(OC5OC(CO)C(O)C(O)C5O)C4=C3)OC(COC(=O)C=Cc3ccc(O)c(O)c3)C(O)C2O)C(O)C(O)C1O. The molecule has 27 heteroatoms. The lowest BCUT2D eigenvalue weighted by atomic mass is 9.95. The highest BCUT2D eigenvalue weighted by Gasteiger charge is 2.53. The lowest BCUT2D eigenvalue weighted by Crippen LogP contribution is -2.64. The van der Waals surface area contributed by atoms with Crippen LogP contribution >= 0.6 is 0 Å². The van der Waals surface area contributed by atoms with Gasteiger partial charge in [0.1, 0.15) is 91.9 Å². The van der Waals surface area contributed by atoms with Gasteiger partial charge in [-0.1, -0.05) is 12.1 Å². The summed E-state index contributed by atoms with van der Waals surface area (Å²) in [4.78, 5) is 25.7. The minimum absolute atomic E-state index is 0.00354. The molecule has 0 radical (unpaired) electrons. The van der Waals surface area contributed by atoms with Crippen molar-refractivity contribution in [1.82, 2.24) is 0 Å². The van der Waals surface area contributed by atoms with E-state index in [9.17, 15) is 91.3 Å². The van der Waals surface area contributed by atoms with Crippen molar-refractivity contribution in [2.24, 2.45) is 0 Å². The minimum atomic E-state index is -2.18. The first-order valence-electron chi connectivity index (χ1n) is 23.7. The van der Waals surface area contributed by atoms with Gasteiger partial charge in [-0.3, -0.25) is 0 Å². The molecule has 420 valence electrons. The van der Waals surface area contributed by atoms with Crippen LogP contribution in [-0.2, 0) is 47.5 Å². The van der Waals surface area contributed by atoms with E-state index in [4.69, 9.17) is 37.9 Å². The first-order chi connectivity index (χ1) is 37.1. The summed E-state index contributed by atoms with van der Waals surface area (Å²) in [5.41, 5.74) is 0.542. The molecule has 8 rings (SSSR count). The number of rotatable bonds is 16. The molecule has 4 aliphatic heterocycles. The van der Waals surface area contributed by atoms with E-state index < -0.39 is 170 Å². The Morgan fingerprint density at radius 1 is 0.538 bits per heavy atom. The van der Waals surface area contributed by atoms with Gasteiger partial charge < -0.3 is 124 Å². The molecule has 16 atom stereocenters. The number of hydrogen-bond donors (Lipinski definition) is 16. The number of phenols is 6. The standard InChI is InChI=1S/C51H54O27/c52-17-34-39(62)42(65)45(68)49(75-34)73-32-15-23(53)14-31-24(32)16-33(47(72-31)22-5-8-27(56)30(59)13-22)74-51-48(44(67)41(64)36(77-51)19-71-38(61)10-4-21-2-7-26(55)29(58)12-21)78-50-46(69)43(66)40(63)35(76-50)18-70-37(60)9-3-20-1-6-25(54)28(57)11-20/h1-16,31,34-36,39-46,48-59,62-69H,17-19H2/p+1. The summed E-state index contributed by atoms with van der Waals surface area (Å²) in [7, 11) is 0. The van der Waals surface area contributed by atoms with Crippen molar-refractivity contribution in [3.63, 3.8) is 0 Å². The van der Waals surface area contributed by atoms with Crippen molar-refractivity contribution in [2.45, 2.75) is 98.2 Å². The topological polar surface area (TPSA) is 444 Å². The molecule has 0 amide bonds. The van der Waals surface area contributed by atoms with Gasteiger partial charge in [-0.2, -0.15) is 0 Å². The van der Waals surface area contributed by atoms with E-state index in [1.54, 1.807) is 0 Å². The number of phenolic OH excluding ortho intramolecular Hbond substituents is 6. The predicted molar refractivity (Wildman–Crippen MR) is 257 cm³/mol. The second kappa shape index (κ2) is 24.0. The number of carbonyl (C=O) groups is 2. The van der Waals surface area contributed by atoms with Crippen LogP contribution in [0.15, 0.2) is 108 Å². The highest BCUT2D eigenvalue weighted by atomic mass is 16.8. The van der Waals surface area contributed by atoms with Crippen molar-refractivity contribution >= 4 is 29.8 Å². The van der Waals surface area contributed by atoms with Crippen LogP contribution in [0.3, 0.4) is 0 Å². The molecule has 0 aromatic heterocycles. The third-order valence-electron chi connectivity index (χ3n) is 12.8. The van der Waals surface area contributed by atoms with Crippen LogP contribution in [0.25, 0.3) is 17.9 Å². The van der Waals surface area contributed by atoms with E-state index in [-0.39, 0.29) is 39.5 Å². The summed E-state index contributed by atoms with van der Waals surface area (Å²) in [5, 5.41) is 169. The molecule has 16 unspecified atom stereocenters. The lowest BCUT2D eigenvalue weighted by molar-refractivity contribution is -0.363. The van der Waals surface area contributed by atoms with Gasteiger partial charge in [-0.05, 0) is 59.7 Å². The van der Waals surface area contributed by atoms with Crippen LogP contribution in [0, 0.1) is 0 Å². The maximum Gasteiger partial charge on any atom is 0.330 e. The highest BCUT2D eigenvalue weighted by Crippen LogP contribution is 2.41. The first-order valence-corrected chi connectivity index (χ1v) is 23.7. The van der Waals surface area contributed by atoms with Gasteiger partial charge in [0.05, 0.1) is 23.8 Å². The van der Waals surface area contributed by atoms with Crippen molar-refractivity contribution in [3.05, 3.63) is 125 Å². The van der Waals surface area contributed by atoms with Crippen LogP contribution in [-0.4, -0.2) is 216 Å². The average Bonchev–Trinajstić information content (AvgIpc) is 3.48. The highest BCUT2D eigenvalue weighted by molar-refractivity contribution is 5.87. The zero-order chi connectivity index (χ0) is 56.3. The summed E-state index contributed by atoms with van der Waals surface area (Å²) >= 11 is 0. The van der Waals surface area contributed by atoms with E-state index in [1.165, 1.54) is 48.6 Å². The van der Waals surface area contributed by atoms with E-state index >= 15 is 0 Å². The number of aliphatic hydroxyl groups is 12. The Morgan fingerprint density at radius 3 is 1.59 bits per heavy atom. The number of allylic oxidation sites excluding steroid dienone is 2. The van der Waals surface area contributed by atoms with Crippen LogP contribution in [0.1, 0.15) is 16.7 Å². The predicted octanol–water partition coefficient (Wildman–Crippen LogP) is -2.25. The number of benzene rings is 3. The van der Waals surface area contributed by atoms with E-state index in [2.05, 4.69) is 4.74 Å². The number of fused-ring (bicyclic) bond motifs is 1. The van der Waals surface area contributed by atoms with Crippen LogP contribution < -0.4 is 0 Å². The minimum Gasteiger partial charge on any atom is -0.571 e. The van der Waals surface area contributed by atoms with Gasteiger partial charge in [0.15, 0.2) is 46.9 Å². The number of hydrogen-bond acceptors (Lipinski definition) is 26. The third kappa shape index (κ3) is 12.6. The molecule has 78 heavy (non-hydrogen) atoms. The zero-order valence-corrected chi connectivity index (χ0v) is 40.3. The Labute approximate surface area is 439 Å². The second-order valence-corrected chi connectivity index (χ2v) is 18.2. The Morgan fingerprint density at radius 2 is 1.04 bits per heavy atom. The maximum absolute atomic E-state index is 13.0. The van der Waals surface area contributed by atoms with E-state index in [1.807, 2.05) is 0 Å². The fourth-order valence-corrected chi connectivity index (χ4v) is 8.48. The Bertz CT molecular complexity index is 2870. The first kappa shape index (κ1) is 56.7. The number of carbonyl (C=O) groups excluding carboxylic acids is 2. The van der Waals surface area contributed by atoms with Gasteiger partial charge in [-0.25, -0.2) is 9.59 Å². The van der Waals surface area contributed by atoms with Crippen molar-refractivity contribution in [2.75, 3.05) is 19.8 Å². The van der Waals surface area contributed by atoms with Crippen LogP contribution in [0.5, 0.6) is 34.5 Å². The van der Waals surface area contributed by atoms with Gasteiger partial charge >= 0.3 is 17.7 Å². The summed E-state index contributed by atoms with van der Waals surface area (Å²) in [5.74, 6) is -6.41. The lowest BCUT2D eigenvalue weighted by Gasteiger charge is -2.46. The summed E-state index contributed by atoms with van der Waals surface area (Å²) in [6.07, 6.45) is -22.2. The van der Waals surface area contributed by atoms with Gasteiger partial charge in [0.25, 0.3) is 0 Å². The molecule has 3 aromatic rings. The molecule has 0 spiro atoms. The Balaban J connectivity index is 1.11. The normalized spacial score (nSPS) is 32.1. The van der Waals surface area contributed by atoms with Crippen molar-refractivity contribution in [1.29, 1.82) is 0 Å². The molecular weight excluding hydrogens is 1040 g/mol. The van der Waals surface area contributed by atoms with Gasteiger partial charge in [0, 0.05) is 30.4 Å². The van der Waals surface area contributed by atoms with Crippen LogP contribution in [0.2, 0.25) is 0 Å². The number of aliphatic hydroxyl groups excluding tert-OH is 10. The summed E-state index contributed by atoms with van der Waals surface area (Å²) in [6.45, 7) is -2.45. The van der Waals surface area contributed by atoms with Gasteiger partial charge in [-0.15, -0.1) is 0 Å². The molecule has 3 aromatic carbocycles. The Kier molecular flexibility index (Phi) is 17.5. The smallest absolute Gasteiger partial charge is 0.330 e. The zero-order valence-electron chi connectivity index (χ0n) is 40.3. The largest absolute Gasteiger partial charge is 0.571 e. The monoisotopic (exact) mass is 1100 g/mol. The molecule has 1 aliphatic carbocycles. The molecule has 4 heterocycles. The summed E-state index contributed by atoms with van der Waals surface area (Å²) in [6, 6.07) is 10.8. The third-order valence-corrected chi connectivity index (χ3v) is 12.8. The number of esters is 2. The van der Waals surface area contributed by atoms with Crippen molar-refractivity contribution < 1.29 is 134 Å². The van der Waals surface area contributed by atoms with Gasteiger partial charge in [0.2, 0.25) is 24.4 Å². The molecular formula is C51H55O27+. The molecule has 0 bridgehead atoms. The molecule has 0 saturated carbocycles. The average molecular weight is 1100 g/mol. The number of aromatic hydroxyl groups is 6. The van der Waals surface area contributed by atoms with Crippen LogP contribution in [0.4, 0.5) is 0 Å². The van der Waals surface area contributed by atoms with Crippen molar-refractivity contribution in [3.8, 4) is 34.5 Å². The Hall–Kier alpha value is -7.48. The summed E-state index contributed by atoms with van der Waals surface area (Å²) < 4.78 is 51.0. The van der Waals surface area contributed by atoms with E-state index in [0.29, 0.717) is 0 Å². The molecule has 3 fully saturated rings. The molecule has 27 nitrogen and oxygen atoms in total. The maximum atomic E-state index is 13.0. The molecule has 5 aliphatic rings. The number of ether oxygens (including phenoxy) is 9. The quantitative estimate of drug-likeness (QED) is 0.0312. The fourth-order valence-electron chi connectivity index (χ4n) is 8.48. The van der Waals surface area contributed by atoms with E-state index in [0.717, 1.165) is 48.6 Å². The second-order valence-electron chi connectivity index (χ2n) is 18.2. The molecule has 17 N–H and O–H groups in total. The molecule has 3 saturated heterocycles.